The van der Waals surface area contributed by atoms with Gasteiger partial charge in [0.15, 0.2) is 0 Å². The zero-order valence-corrected chi connectivity index (χ0v) is 9.52. The summed E-state index contributed by atoms with van der Waals surface area (Å²) in [5.41, 5.74) is 2.81. The Balaban J connectivity index is 1.84. The van der Waals surface area contributed by atoms with Gasteiger partial charge in [-0.05, 0) is 54.8 Å². The van der Waals surface area contributed by atoms with Crippen molar-refractivity contribution in [3.05, 3.63) is 36.2 Å². The minimum Gasteiger partial charge on any atom is -0.316 e. The van der Waals surface area contributed by atoms with Crippen molar-refractivity contribution in [1.29, 1.82) is 0 Å². The Kier molecular flexibility index (Phi) is 2.75. The third kappa shape index (κ3) is 1.90. The lowest BCUT2D eigenvalue weighted by molar-refractivity contribution is 0.279. The van der Waals surface area contributed by atoms with Crippen LogP contribution < -0.4 is 5.32 Å². The van der Waals surface area contributed by atoms with Crippen LogP contribution >= 0.6 is 0 Å². The largest absolute Gasteiger partial charge is 0.316 e. The molecule has 2 heterocycles. The van der Waals surface area contributed by atoms with E-state index in [4.69, 9.17) is 0 Å². The molecule has 2 atom stereocenters. The molecule has 2 aliphatic rings. The van der Waals surface area contributed by atoms with Crippen LogP contribution in [-0.2, 0) is 0 Å². The molecule has 0 bridgehead atoms. The second-order valence-electron chi connectivity index (χ2n) is 4.89. The van der Waals surface area contributed by atoms with Crippen molar-refractivity contribution in [2.24, 2.45) is 11.8 Å². The Morgan fingerprint density at radius 1 is 1.31 bits per heavy atom. The van der Waals surface area contributed by atoms with Crippen molar-refractivity contribution >= 4 is 5.57 Å². The van der Waals surface area contributed by atoms with Gasteiger partial charge >= 0.3 is 0 Å². The summed E-state index contributed by atoms with van der Waals surface area (Å²) in [6.45, 7) is 2.37. The lowest BCUT2D eigenvalue weighted by Gasteiger charge is -2.34. The van der Waals surface area contributed by atoms with Gasteiger partial charge in [-0.1, -0.05) is 12.1 Å². The molecule has 0 spiro atoms. The van der Waals surface area contributed by atoms with E-state index < -0.39 is 0 Å². The first-order valence-corrected chi connectivity index (χ1v) is 6.25. The number of allylic oxidation sites excluding steroid dienone is 1. The van der Waals surface area contributed by atoms with E-state index >= 15 is 0 Å². The summed E-state index contributed by atoms with van der Waals surface area (Å²) in [6.07, 6.45) is 10.2. The fourth-order valence-electron chi connectivity index (χ4n) is 2.97. The molecule has 1 saturated heterocycles. The molecule has 3 rings (SSSR count). The van der Waals surface area contributed by atoms with Crippen molar-refractivity contribution in [3.63, 3.8) is 0 Å². The predicted octanol–water partition coefficient (Wildman–Crippen LogP) is 2.48. The van der Waals surface area contributed by atoms with Crippen LogP contribution in [0, 0.1) is 11.8 Å². The molecule has 1 aliphatic heterocycles. The van der Waals surface area contributed by atoms with Crippen LogP contribution in [0.5, 0.6) is 0 Å². The van der Waals surface area contributed by atoms with E-state index in [0.717, 1.165) is 18.4 Å². The maximum atomic E-state index is 4.21. The van der Waals surface area contributed by atoms with Crippen molar-refractivity contribution in [1.82, 2.24) is 10.3 Å². The quantitative estimate of drug-likeness (QED) is 0.777. The zero-order valence-electron chi connectivity index (χ0n) is 9.52. The maximum absolute atomic E-state index is 4.21. The second kappa shape index (κ2) is 4.38. The number of rotatable bonds is 1. The summed E-state index contributed by atoms with van der Waals surface area (Å²) in [7, 11) is 0. The van der Waals surface area contributed by atoms with E-state index in [1.54, 1.807) is 0 Å². The highest BCUT2D eigenvalue weighted by Gasteiger charge is 2.27. The molecule has 1 aromatic rings. The Morgan fingerprint density at radius 3 is 3.19 bits per heavy atom. The Morgan fingerprint density at radius 2 is 2.31 bits per heavy atom. The van der Waals surface area contributed by atoms with Gasteiger partial charge in [0.1, 0.15) is 0 Å². The van der Waals surface area contributed by atoms with Gasteiger partial charge in [0.25, 0.3) is 0 Å². The molecule has 84 valence electrons. The predicted molar refractivity (Wildman–Crippen MR) is 65.9 cm³/mol. The summed E-state index contributed by atoms with van der Waals surface area (Å²) in [5, 5.41) is 3.50. The number of aromatic nitrogens is 1. The molecule has 0 saturated carbocycles. The molecule has 0 amide bonds. The van der Waals surface area contributed by atoms with Crippen molar-refractivity contribution in [2.75, 3.05) is 13.1 Å². The third-order valence-corrected chi connectivity index (χ3v) is 3.91. The van der Waals surface area contributed by atoms with E-state index in [1.807, 2.05) is 18.5 Å². The molecule has 16 heavy (non-hydrogen) atoms. The van der Waals surface area contributed by atoms with Gasteiger partial charge in [-0.15, -0.1) is 0 Å². The SMILES string of the molecule is C1=C(c2cccnc2)CC[C@H]2CCNC[C@@H]12. The second-order valence-corrected chi connectivity index (χ2v) is 4.89. The van der Waals surface area contributed by atoms with Crippen molar-refractivity contribution in [2.45, 2.75) is 19.3 Å². The molecule has 1 fully saturated rings. The van der Waals surface area contributed by atoms with Crippen LogP contribution in [0.2, 0.25) is 0 Å². The van der Waals surface area contributed by atoms with E-state index in [9.17, 15) is 0 Å². The average Bonchev–Trinajstić information content (AvgIpc) is 2.39. The van der Waals surface area contributed by atoms with Crippen LogP contribution in [0.25, 0.3) is 5.57 Å². The first-order chi connectivity index (χ1) is 7.93. The van der Waals surface area contributed by atoms with Crippen LogP contribution in [0.3, 0.4) is 0 Å². The minimum absolute atomic E-state index is 0.748. The van der Waals surface area contributed by atoms with Crippen LogP contribution in [0.4, 0.5) is 0 Å². The normalized spacial score (nSPS) is 29.4. The molecular weight excluding hydrogens is 196 g/mol. The number of piperidine rings is 1. The highest BCUT2D eigenvalue weighted by molar-refractivity contribution is 5.65. The summed E-state index contributed by atoms with van der Waals surface area (Å²) in [4.78, 5) is 4.21. The molecule has 1 aliphatic carbocycles. The minimum atomic E-state index is 0.748. The maximum Gasteiger partial charge on any atom is 0.0342 e. The lowest BCUT2D eigenvalue weighted by Crippen LogP contribution is -2.37. The van der Waals surface area contributed by atoms with Crippen molar-refractivity contribution < 1.29 is 0 Å². The van der Waals surface area contributed by atoms with Crippen LogP contribution in [0.1, 0.15) is 24.8 Å². The highest BCUT2D eigenvalue weighted by atomic mass is 14.9. The number of fused-ring (bicyclic) bond motifs is 1. The van der Waals surface area contributed by atoms with E-state index in [1.165, 1.54) is 36.9 Å². The van der Waals surface area contributed by atoms with Gasteiger partial charge in [-0.25, -0.2) is 0 Å². The number of pyridine rings is 1. The van der Waals surface area contributed by atoms with Gasteiger partial charge in [0.05, 0.1) is 0 Å². The molecule has 0 aromatic carbocycles. The standard InChI is InChI=1S/C14H18N2/c1-2-13(9-15-6-1)12-4-3-11-5-7-16-10-14(11)8-12/h1-2,6,8-9,11,14,16H,3-5,7,10H2/t11-,14+/m0/s1. The van der Waals surface area contributed by atoms with Gasteiger partial charge < -0.3 is 5.32 Å². The summed E-state index contributed by atoms with van der Waals surface area (Å²) >= 11 is 0. The molecule has 1 N–H and O–H groups in total. The first kappa shape index (κ1) is 10.0. The fraction of sp³-hybridized carbons (Fsp3) is 0.500. The lowest BCUT2D eigenvalue weighted by atomic mass is 9.76. The van der Waals surface area contributed by atoms with Gasteiger partial charge in [-0.3, -0.25) is 4.98 Å². The third-order valence-electron chi connectivity index (χ3n) is 3.91. The Bertz CT molecular complexity index is 383. The Labute approximate surface area is 96.8 Å². The molecule has 2 heteroatoms. The van der Waals surface area contributed by atoms with E-state index in [2.05, 4.69) is 22.4 Å². The van der Waals surface area contributed by atoms with Crippen molar-refractivity contribution in [3.8, 4) is 0 Å². The number of hydrogen-bond acceptors (Lipinski definition) is 2. The van der Waals surface area contributed by atoms with Crippen LogP contribution in [-0.4, -0.2) is 18.1 Å². The van der Waals surface area contributed by atoms with Gasteiger partial charge in [0.2, 0.25) is 0 Å². The molecular formula is C14H18N2. The topological polar surface area (TPSA) is 24.9 Å². The summed E-state index contributed by atoms with van der Waals surface area (Å²) in [6, 6.07) is 4.21. The number of nitrogens with one attached hydrogen (secondary N) is 1. The summed E-state index contributed by atoms with van der Waals surface area (Å²) < 4.78 is 0. The molecule has 0 radical (unpaired) electrons. The number of hydrogen-bond donors (Lipinski definition) is 1. The first-order valence-electron chi connectivity index (χ1n) is 6.25. The van der Waals surface area contributed by atoms with Crippen LogP contribution in [0.15, 0.2) is 30.6 Å². The average molecular weight is 214 g/mol. The smallest absolute Gasteiger partial charge is 0.0342 e. The molecule has 2 nitrogen and oxygen atoms in total. The van der Waals surface area contributed by atoms with Gasteiger partial charge in [0, 0.05) is 18.9 Å². The Hall–Kier alpha value is -1.15. The van der Waals surface area contributed by atoms with E-state index in [-0.39, 0.29) is 0 Å². The molecule has 1 aromatic heterocycles. The highest BCUT2D eigenvalue weighted by Crippen LogP contribution is 2.36. The fourth-order valence-corrected chi connectivity index (χ4v) is 2.97. The zero-order chi connectivity index (χ0) is 10.8. The van der Waals surface area contributed by atoms with E-state index in [0.29, 0.717) is 0 Å². The number of nitrogens with zero attached hydrogens (tertiary/aromatic N) is 1. The summed E-state index contributed by atoms with van der Waals surface area (Å²) in [5.74, 6) is 1.67. The van der Waals surface area contributed by atoms with Gasteiger partial charge in [-0.2, -0.15) is 0 Å². The monoisotopic (exact) mass is 214 g/mol. The molecule has 0 unspecified atom stereocenters.